The predicted octanol–water partition coefficient (Wildman–Crippen LogP) is 3.37. The Labute approximate surface area is 83.6 Å². The van der Waals surface area contributed by atoms with Gasteiger partial charge in [-0.15, -0.1) is 0 Å². The lowest BCUT2D eigenvalue weighted by molar-refractivity contribution is 0.423. The molecule has 0 saturated carbocycles. The lowest BCUT2D eigenvalue weighted by atomic mass is 9.94. The quantitative estimate of drug-likeness (QED) is 0.597. The Morgan fingerprint density at radius 1 is 1.31 bits per heavy atom. The van der Waals surface area contributed by atoms with Crippen LogP contribution in [0.4, 0.5) is 0 Å². The minimum atomic E-state index is 0.643. The fraction of sp³-hybridized carbons (Fsp3) is 0.833. The molecule has 0 heterocycles. The van der Waals surface area contributed by atoms with Gasteiger partial charge in [0.1, 0.15) is 0 Å². The van der Waals surface area contributed by atoms with E-state index in [2.05, 4.69) is 39.6 Å². The van der Waals surface area contributed by atoms with E-state index in [1.807, 2.05) is 0 Å². The van der Waals surface area contributed by atoms with Gasteiger partial charge in [-0.05, 0) is 38.6 Å². The van der Waals surface area contributed by atoms with Crippen LogP contribution in [-0.2, 0) is 0 Å². The van der Waals surface area contributed by atoms with Crippen molar-refractivity contribution >= 4 is 0 Å². The molecule has 0 aromatic rings. The molecule has 1 nitrogen and oxygen atoms in total. The topological polar surface area (TPSA) is 12.0 Å². The zero-order valence-corrected chi connectivity index (χ0v) is 9.69. The average molecular weight is 183 g/mol. The highest BCUT2D eigenvalue weighted by Gasteiger charge is 2.08. The van der Waals surface area contributed by atoms with E-state index in [4.69, 9.17) is 0 Å². The van der Waals surface area contributed by atoms with E-state index >= 15 is 0 Å². The first-order valence-electron chi connectivity index (χ1n) is 5.50. The minimum Gasteiger partial charge on any atom is -0.315 e. The van der Waals surface area contributed by atoms with Crippen molar-refractivity contribution in [3.05, 3.63) is 12.2 Å². The standard InChI is InChI=1S/C12H25N/c1-6-10(3)8-11(4)9-12(5)13-7-2/h11-13H,3,6-9H2,1-2,4-5H3. The first-order chi connectivity index (χ1) is 6.10. The van der Waals surface area contributed by atoms with Gasteiger partial charge in [0.25, 0.3) is 0 Å². The van der Waals surface area contributed by atoms with Crippen LogP contribution in [-0.4, -0.2) is 12.6 Å². The SMILES string of the molecule is C=C(CC)CC(C)CC(C)NCC. The van der Waals surface area contributed by atoms with Crippen LogP contribution in [0.3, 0.4) is 0 Å². The van der Waals surface area contributed by atoms with Crippen LogP contribution in [0.15, 0.2) is 12.2 Å². The normalized spacial score (nSPS) is 15.4. The molecule has 78 valence electrons. The summed E-state index contributed by atoms with van der Waals surface area (Å²) in [7, 11) is 0. The molecule has 0 amide bonds. The van der Waals surface area contributed by atoms with Crippen molar-refractivity contribution in [1.29, 1.82) is 0 Å². The van der Waals surface area contributed by atoms with Crippen molar-refractivity contribution in [2.75, 3.05) is 6.54 Å². The Hall–Kier alpha value is -0.300. The second kappa shape index (κ2) is 7.14. The highest BCUT2D eigenvalue weighted by molar-refractivity contribution is 4.94. The van der Waals surface area contributed by atoms with E-state index in [0.29, 0.717) is 6.04 Å². The molecule has 2 unspecified atom stereocenters. The molecule has 0 aromatic carbocycles. The highest BCUT2D eigenvalue weighted by Crippen LogP contribution is 2.17. The molecule has 0 spiro atoms. The van der Waals surface area contributed by atoms with Crippen molar-refractivity contribution < 1.29 is 0 Å². The molecule has 0 radical (unpaired) electrons. The maximum atomic E-state index is 4.05. The Kier molecular flexibility index (Phi) is 6.97. The maximum Gasteiger partial charge on any atom is 0.00412 e. The first kappa shape index (κ1) is 12.7. The van der Waals surface area contributed by atoms with Crippen LogP contribution < -0.4 is 5.32 Å². The molecular formula is C12H25N. The number of allylic oxidation sites excluding steroid dienone is 1. The summed E-state index contributed by atoms with van der Waals surface area (Å²) in [5.41, 5.74) is 1.39. The minimum absolute atomic E-state index is 0.643. The molecule has 0 aliphatic carbocycles. The van der Waals surface area contributed by atoms with Crippen molar-refractivity contribution in [1.82, 2.24) is 5.32 Å². The Morgan fingerprint density at radius 2 is 1.92 bits per heavy atom. The third-order valence-electron chi connectivity index (χ3n) is 2.45. The van der Waals surface area contributed by atoms with Gasteiger partial charge < -0.3 is 5.32 Å². The van der Waals surface area contributed by atoms with Gasteiger partial charge in [-0.2, -0.15) is 0 Å². The molecule has 0 bridgehead atoms. The summed E-state index contributed by atoms with van der Waals surface area (Å²) < 4.78 is 0. The highest BCUT2D eigenvalue weighted by atomic mass is 14.9. The molecule has 13 heavy (non-hydrogen) atoms. The fourth-order valence-corrected chi connectivity index (χ4v) is 1.76. The third kappa shape index (κ3) is 6.83. The second-order valence-electron chi connectivity index (χ2n) is 4.11. The summed E-state index contributed by atoms with van der Waals surface area (Å²) in [5, 5.41) is 3.44. The Balaban J connectivity index is 3.60. The number of hydrogen-bond acceptors (Lipinski definition) is 1. The molecule has 0 rings (SSSR count). The van der Waals surface area contributed by atoms with Crippen LogP contribution in [0.5, 0.6) is 0 Å². The first-order valence-corrected chi connectivity index (χ1v) is 5.50. The smallest absolute Gasteiger partial charge is 0.00412 e. The van der Waals surface area contributed by atoms with Crippen molar-refractivity contribution in [3.63, 3.8) is 0 Å². The van der Waals surface area contributed by atoms with Gasteiger partial charge in [0.05, 0.1) is 0 Å². The molecular weight excluding hydrogens is 158 g/mol. The van der Waals surface area contributed by atoms with Gasteiger partial charge >= 0.3 is 0 Å². The van der Waals surface area contributed by atoms with E-state index in [1.165, 1.54) is 18.4 Å². The zero-order chi connectivity index (χ0) is 10.3. The summed E-state index contributed by atoms with van der Waals surface area (Å²) in [6, 6.07) is 0.643. The fourth-order valence-electron chi connectivity index (χ4n) is 1.76. The van der Waals surface area contributed by atoms with Crippen LogP contribution in [0, 0.1) is 5.92 Å². The van der Waals surface area contributed by atoms with Gasteiger partial charge in [-0.1, -0.05) is 32.9 Å². The van der Waals surface area contributed by atoms with E-state index in [9.17, 15) is 0 Å². The van der Waals surface area contributed by atoms with Gasteiger partial charge in [-0.25, -0.2) is 0 Å². The summed E-state index contributed by atoms with van der Waals surface area (Å²) in [6.07, 6.45) is 3.57. The summed E-state index contributed by atoms with van der Waals surface area (Å²) in [6.45, 7) is 14.0. The monoisotopic (exact) mass is 183 g/mol. The molecule has 1 heteroatoms. The summed E-state index contributed by atoms with van der Waals surface area (Å²) >= 11 is 0. The number of nitrogens with one attached hydrogen (secondary N) is 1. The molecule has 2 atom stereocenters. The van der Waals surface area contributed by atoms with E-state index in [1.54, 1.807) is 0 Å². The van der Waals surface area contributed by atoms with Crippen molar-refractivity contribution in [3.8, 4) is 0 Å². The summed E-state index contributed by atoms with van der Waals surface area (Å²) in [5.74, 6) is 0.765. The van der Waals surface area contributed by atoms with Crippen LogP contribution in [0.2, 0.25) is 0 Å². The van der Waals surface area contributed by atoms with Gasteiger partial charge in [0, 0.05) is 6.04 Å². The van der Waals surface area contributed by atoms with Crippen molar-refractivity contribution in [2.45, 2.75) is 53.0 Å². The maximum absolute atomic E-state index is 4.05. The molecule has 0 aromatic heterocycles. The molecule has 0 aliphatic rings. The van der Waals surface area contributed by atoms with Gasteiger partial charge in [0.2, 0.25) is 0 Å². The van der Waals surface area contributed by atoms with Crippen LogP contribution >= 0.6 is 0 Å². The lowest BCUT2D eigenvalue weighted by Crippen LogP contribution is -2.27. The molecule has 1 N–H and O–H groups in total. The van der Waals surface area contributed by atoms with Gasteiger partial charge in [-0.3, -0.25) is 0 Å². The predicted molar refractivity (Wildman–Crippen MR) is 61.0 cm³/mol. The largest absolute Gasteiger partial charge is 0.315 e. The average Bonchev–Trinajstić information content (AvgIpc) is 2.04. The molecule has 0 saturated heterocycles. The van der Waals surface area contributed by atoms with Crippen molar-refractivity contribution in [2.24, 2.45) is 5.92 Å². The number of hydrogen-bond donors (Lipinski definition) is 1. The zero-order valence-electron chi connectivity index (χ0n) is 9.69. The molecule has 0 fully saturated rings. The molecule has 0 aliphatic heterocycles. The lowest BCUT2D eigenvalue weighted by Gasteiger charge is -2.18. The van der Waals surface area contributed by atoms with Crippen LogP contribution in [0.25, 0.3) is 0 Å². The summed E-state index contributed by atoms with van der Waals surface area (Å²) in [4.78, 5) is 0. The Bertz CT molecular complexity index is 140. The second-order valence-corrected chi connectivity index (χ2v) is 4.11. The third-order valence-corrected chi connectivity index (χ3v) is 2.45. The number of rotatable bonds is 7. The van der Waals surface area contributed by atoms with E-state index in [-0.39, 0.29) is 0 Å². The Morgan fingerprint density at radius 3 is 2.38 bits per heavy atom. The van der Waals surface area contributed by atoms with Crippen LogP contribution in [0.1, 0.15) is 47.0 Å². The van der Waals surface area contributed by atoms with E-state index in [0.717, 1.165) is 18.9 Å². The van der Waals surface area contributed by atoms with E-state index < -0.39 is 0 Å². The van der Waals surface area contributed by atoms with Gasteiger partial charge in [0.15, 0.2) is 0 Å².